The van der Waals surface area contributed by atoms with Gasteiger partial charge in [0, 0.05) is 18.5 Å². The Morgan fingerprint density at radius 2 is 2.15 bits per heavy atom. The summed E-state index contributed by atoms with van der Waals surface area (Å²) < 4.78 is 58.2. The molecule has 20 heavy (non-hydrogen) atoms. The van der Waals surface area contributed by atoms with Crippen molar-refractivity contribution in [2.45, 2.75) is 24.0 Å². The molecule has 112 valence electrons. The summed E-state index contributed by atoms with van der Waals surface area (Å²) >= 11 is 5.67. The second-order valence-corrected chi connectivity index (χ2v) is 6.78. The molecular formula is C12H14ClF2NO3S. The van der Waals surface area contributed by atoms with Crippen LogP contribution >= 0.6 is 11.6 Å². The van der Waals surface area contributed by atoms with Gasteiger partial charge in [0.1, 0.15) is 16.5 Å². The van der Waals surface area contributed by atoms with E-state index >= 15 is 0 Å². The number of rotatable bonds is 3. The van der Waals surface area contributed by atoms with Gasteiger partial charge in [-0.3, -0.25) is 0 Å². The first-order chi connectivity index (χ1) is 9.36. The molecule has 4 nitrogen and oxygen atoms in total. The van der Waals surface area contributed by atoms with Crippen molar-refractivity contribution in [2.24, 2.45) is 0 Å². The van der Waals surface area contributed by atoms with E-state index in [2.05, 4.69) is 0 Å². The summed E-state index contributed by atoms with van der Waals surface area (Å²) in [6.45, 7) is 1.82. The Balaban J connectivity index is 2.40. The van der Waals surface area contributed by atoms with Crippen LogP contribution in [0.15, 0.2) is 23.1 Å². The average molecular weight is 326 g/mol. The SMILES string of the molecule is CC1COC(CCl)CN1S(=O)(=O)c1cc(F)ccc1F. The van der Waals surface area contributed by atoms with Gasteiger partial charge in [0.05, 0.1) is 12.7 Å². The fraction of sp³-hybridized carbons (Fsp3) is 0.500. The zero-order chi connectivity index (χ0) is 14.9. The summed E-state index contributed by atoms with van der Waals surface area (Å²) in [6.07, 6.45) is -0.459. The van der Waals surface area contributed by atoms with Crippen molar-refractivity contribution in [1.29, 1.82) is 0 Å². The summed E-state index contributed by atoms with van der Waals surface area (Å²) in [4.78, 5) is -0.667. The van der Waals surface area contributed by atoms with Crippen LogP contribution in [0.2, 0.25) is 0 Å². The maximum Gasteiger partial charge on any atom is 0.246 e. The molecule has 2 rings (SSSR count). The van der Waals surface area contributed by atoms with Crippen molar-refractivity contribution < 1.29 is 21.9 Å². The largest absolute Gasteiger partial charge is 0.374 e. The fourth-order valence-electron chi connectivity index (χ4n) is 2.02. The molecule has 2 atom stereocenters. The first-order valence-corrected chi connectivity index (χ1v) is 7.98. The number of nitrogens with zero attached hydrogens (tertiary/aromatic N) is 1. The molecule has 8 heteroatoms. The predicted octanol–water partition coefficient (Wildman–Crippen LogP) is 1.98. The lowest BCUT2D eigenvalue weighted by molar-refractivity contribution is -0.0152. The van der Waals surface area contributed by atoms with Crippen LogP contribution in [0.25, 0.3) is 0 Å². The average Bonchev–Trinajstić information content (AvgIpc) is 2.41. The zero-order valence-corrected chi connectivity index (χ0v) is 12.3. The summed E-state index contributed by atoms with van der Waals surface area (Å²) in [5.41, 5.74) is 0. The lowest BCUT2D eigenvalue weighted by Crippen LogP contribution is -2.51. The number of hydrogen-bond acceptors (Lipinski definition) is 3. The molecular weight excluding hydrogens is 312 g/mol. The number of halogens is 3. The van der Waals surface area contributed by atoms with Gasteiger partial charge >= 0.3 is 0 Å². The van der Waals surface area contributed by atoms with Crippen LogP contribution in [-0.4, -0.2) is 43.9 Å². The predicted molar refractivity (Wildman–Crippen MR) is 70.2 cm³/mol. The van der Waals surface area contributed by atoms with Crippen molar-refractivity contribution in [3.05, 3.63) is 29.8 Å². The molecule has 1 heterocycles. The minimum absolute atomic E-state index is 0.0168. The van der Waals surface area contributed by atoms with Gasteiger partial charge < -0.3 is 4.74 Å². The third kappa shape index (κ3) is 2.95. The van der Waals surface area contributed by atoms with Crippen molar-refractivity contribution in [3.8, 4) is 0 Å². The molecule has 1 aromatic rings. The van der Waals surface area contributed by atoms with Gasteiger partial charge in [0.25, 0.3) is 0 Å². The van der Waals surface area contributed by atoms with Crippen molar-refractivity contribution in [1.82, 2.24) is 4.31 Å². The van der Waals surface area contributed by atoms with E-state index in [-0.39, 0.29) is 19.0 Å². The molecule has 1 saturated heterocycles. The highest BCUT2D eigenvalue weighted by molar-refractivity contribution is 7.89. The molecule has 0 spiro atoms. The lowest BCUT2D eigenvalue weighted by Gasteiger charge is -2.36. The Hall–Kier alpha value is -0.760. The smallest absolute Gasteiger partial charge is 0.246 e. The number of sulfonamides is 1. The molecule has 0 N–H and O–H groups in total. The van der Waals surface area contributed by atoms with Gasteiger partial charge in [-0.05, 0) is 25.1 Å². The monoisotopic (exact) mass is 325 g/mol. The maximum absolute atomic E-state index is 13.7. The summed E-state index contributed by atoms with van der Waals surface area (Å²) in [5, 5.41) is 0. The third-order valence-corrected chi connectivity index (χ3v) is 5.44. The Morgan fingerprint density at radius 3 is 2.80 bits per heavy atom. The molecule has 1 fully saturated rings. The van der Waals surface area contributed by atoms with Gasteiger partial charge in [-0.15, -0.1) is 11.6 Å². The van der Waals surface area contributed by atoms with Gasteiger partial charge in [-0.1, -0.05) is 0 Å². The Morgan fingerprint density at radius 1 is 1.45 bits per heavy atom. The van der Waals surface area contributed by atoms with E-state index in [0.717, 1.165) is 16.4 Å². The molecule has 2 unspecified atom stereocenters. The third-order valence-electron chi connectivity index (χ3n) is 3.10. The summed E-state index contributed by atoms with van der Waals surface area (Å²) in [7, 11) is -4.13. The van der Waals surface area contributed by atoms with E-state index in [1.165, 1.54) is 0 Å². The Bertz CT molecular complexity index is 596. The van der Waals surface area contributed by atoms with Crippen molar-refractivity contribution in [3.63, 3.8) is 0 Å². The van der Waals surface area contributed by atoms with Crippen LogP contribution in [0.4, 0.5) is 8.78 Å². The van der Waals surface area contributed by atoms with E-state index < -0.39 is 38.7 Å². The van der Waals surface area contributed by atoms with E-state index in [4.69, 9.17) is 16.3 Å². The number of ether oxygens (including phenoxy) is 1. The highest BCUT2D eigenvalue weighted by atomic mass is 35.5. The first kappa shape index (κ1) is 15.6. The van der Waals surface area contributed by atoms with Crippen molar-refractivity contribution in [2.75, 3.05) is 19.0 Å². The van der Waals surface area contributed by atoms with Gasteiger partial charge in [-0.2, -0.15) is 4.31 Å². The molecule has 0 bridgehead atoms. The van der Waals surface area contributed by atoms with E-state index in [0.29, 0.717) is 6.07 Å². The number of hydrogen-bond donors (Lipinski definition) is 0. The molecule has 1 aliphatic rings. The molecule has 0 radical (unpaired) electrons. The zero-order valence-electron chi connectivity index (χ0n) is 10.7. The Labute approximate surface area is 121 Å². The molecule has 0 saturated carbocycles. The van der Waals surface area contributed by atoms with Gasteiger partial charge in [-0.25, -0.2) is 17.2 Å². The minimum Gasteiger partial charge on any atom is -0.374 e. The van der Waals surface area contributed by atoms with Crippen molar-refractivity contribution >= 4 is 21.6 Å². The maximum atomic E-state index is 13.7. The standard InChI is InChI=1S/C12H14ClF2NO3S/c1-8-7-19-10(5-13)6-16(8)20(17,18)12-4-9(14)2-3-11(12)15/h2-4,8,10H,5-7H2,1H3. The number of morpholine rings is 1. The molecule has 0 amide bonds. The molecule has 0 aromatic heterocycles. The van der Waals surface area contributed by atoms with Crippen LogP contribution < -0.4 is 0 Å². The minimum atomic E-state index is -4.13. The second kappa shape index (κ2) is 5.93. The molecule has 1 aliphatic heterocycles. The van der Waals surface area contributed by atoms with Crippen LogP contribution in [0, 0.1) is 11.6 Å². The van der Waals surface area contributed by atoms with Crippen LogP contribution in [0.3, 0.4) is 0 Å². The van der Waals surface area contributed by atoms with Gasteiger partial charge in [0.2, 0.25) is 10.0 Å². The van der Waals surface area contributed by atoms with E-state index in [9.17, 15) is 17.2 Å². The molecule has 0 aliphatic carbocycles. The Kier molecular flexibility index (Phi) is 4.63. The number of benzene rings is 1. The van der Waals surface area contributed by atoms with E-state index in [1.54, 1.807) is 6.92 Å². The van der Waals surface area contributed by atoms with Crippen LogP contribution in [0.1, 0.15) is 6.92 Å². The normalized spacial score (nSPS) is 24.8. The van der Waals surface area contributed by atoms with Gasteiger partial charge in [0.15, 0.2) is 0 Å². The molecule has 1 aromatic carbocycles. The lowest BCUT2D eigenvalue weighted by atomic mass is 10.2. The highest BCUT2D eigenvalue weighted by Gasteiger charge is 2.36. The van der Waals surface area contributed by atoms with Crippen LogP contribution in [0.5, 0.6) is 0 Å². The topological polar surface area (TPSA) is 46.6 Å². The van der Waals surface area contributed by atoms with Crippen LogP contribution in [-0.2, 0) is 14.8 Å². The quantitative estimate of drug-likeness (QED) is 0.798. The summed E-state index contributed by atoms with van der Waals surface area (Å²) in [5.74, 6) is -1.66. The summed E-state index contributed by atoms with van der Waals surface area (Å²) in [6, 6.07) is 1.88. The second-order valence-electron chi connectivity index (χ2n) is 4.61. The fourth-order valence-corrected chi connectivity index (χ4v) is 3.93. The van der Waals surface area contributed by atoms with E-state index in [1.807, 2.05) is 0 Å². The number of alkyl halides is 1. The first-order valence-electron chi connectivity index (χ1n) is 6.00. The highest BCUT2D eigenvalue weighted by Crippen LogP contribution is 2.25.